The maximum absolute atomic E-state index is 14.4. The van der Waals surface area contributed by atoms with Crippen molar-refractivity contribution in [3.63, 3.8) is 0 Å². The van der Waals surface area contributed by atoms with Crippen molar-refractivity contribution >= 4 is 35.3 Å². The van der Waals surface area contributed by atoms with E-state index >= 15 is 0 Å². The van der Waals surface area contributed by atoms with Gasteiger partial charge in [0.05, 0.1) is 29.0 Å². The predicted molar refractivity (Wildman–Crippen MR) is 117 cm³/mol. The van der Waals surface area contributed by atoms with Crippen LogP contribution >= 0.6 is 23.4 Å². The number of amides is 1. The fourth-order valence-corrected chi connectivity index (χ4v) is 4.03. The van der Waals surface area contributed by atoms with Crippen molar-refractivity contribution in [2.24, 2.45) is 0 Å². The summed E-state index contributed by atoms with van der Waals surface area (Å²) >= 11 is 7.47. The summed E-state index contributed by atoms with van der Waals surface area (Å²) in [6.45, 7) is -0.138. The molecule has 0 aliphatic heterocycles. The molecule has 0 unspecified atom stereocenters. The number of thioether (sulfide) groups is 1. The molecule has 0 spiro atoms. The number of nitrogens with two attached hydrogens (primary N) is 1. The lowest BCUT2D eigenvalue weighted by Gasteiger charge is -2.21. The molecule has 0 saturated heterocycles. The Balaban J connectivity index is 1.77. The van der Waals surface area contributed by atoms with Crippen LogP contribution < -0.4 is 5.73 Å². The number of nitrogen functional groups attached to an aromatic ring is 1. The highest BCUT2D eigenvalue weighted by atomic mass is 35.5. The number of anilines is 1. The molecule has 0 radical (unpaired) electrons. The van der Waals surface area contributed by atoms with Crippen LogP contribution in [-0.4, -0.2) is 38.5 Å². The van der Waals surface area contributed by atoms with E-state index in [0.717, 1.165) is 11.6 Å². The van der Waals surface area contributed by atoms with Crippen LogP contribution in [0.15, 0.2) is 45.7 Å². The fraction of sp³-hybridized carbons (Fsp3) is 0.238. The van der Waals surface area contributed by atoms with E-state index in [1.807, 2.05) is 18.2 Å². The number of aliphatic hydroxyl groups excluding tert-OH is 1. The Bertz CT molecular complexity index is 1150. The molecule has 3 N–H and O–H groups in total. The molecule has 0 bridgehead atoms. The van der Waals surface area contributed by atoms with Gasteiger partial charge in [0.2, 0.25) is 11.8 Å². The normalized spacial score (nSPS) is 10.7. The number of hydrogen-bond acceptors (Lipinski definition) is 8. The average Bonchev–Trinajstić information content (AvgIpc) is 3.19. The lowest BCUT2D eigenvalue weighted by atomic mass is 10.1. The zero-order valence-corrected chi connectivity index (χ0v) is 18.4. The van der Waals surface area contributed by atoms with Gasteiger partial charge in [-0.3, -0.25) is 4.79 Å². The van der Waals surface area contributed by atoms with E-state index in [-0.39, 0.29) is 54.4 Å². The average molecular weight is 476 g/mol. The number of aliphatic hydroxyl groups is 1. The van der Waals surface area contributed by atoms with Gasteiger partial charge in [0.15, 0.2) is 0 Å². The Morgan fingerprint density at radius 3 is 2.75 bits per heavy atom. The maximum atomic E-state index is 14.4. The molecule has 11 heteroatoms. The first-order chi connectivity index (χ1) is 15.4. The van der Waals surface area contributed by atoms with Crippen LogP contribution in [-0.2, 0) is 24.3 Å². The van der Waals surface area contributed by atoms with Gasteiger partial charge in [-0.1, -0.05) is 28.8 Å². The quantitative estimate of drug-likeness (QED) is 0.451. The summed E-state index contributed by atoms with van der Waals surface area (Å²) in [5.41, 5.74) is 6.77. The van der Waals surface area contributed by atoms with Crippen LogP contribution in [0.25, 0.3) is 0 Å². The zero-order valence-electron chi connectivity index (χ0n) is 16.8. The molecule has 0 saturated carbocycles. The van der Waals surface area contributed by atoms with Crippen LogP contribution in [0.1, 0.15) is 22.6 Å². The second-order valence-corrected chi connectivity index (χ2v) is 8.15. The van der Waals surface area contributed by atoms with Gasteiger partial charge < -0.3 is 20.2 Å². The molecule has 0 atom stereocenters. The van der Waals surface area contributed by atoms with Crippen molar-refractivity contribution in [2.75, 3.05) is 18.1 Å². The molecule has 3 aromatic rings. The summed E-state index contributed by atoms with van der Waals surface area (Å²) in [4.78, 5) is 15.1. The van der Waals surface area contributed by atoms with Crippen molar-refractivity contribution in [1.29, 1.82) is 5.26 Å². The minimum absolute atomic E-state index is 0.00190. The molecule has 1 amide bonds. The molecule has 1 heterocycles. The molecule has 0 aliphatic carbocycles. The van der Waals surface area contributed by atoms with Gasteiger partial charge in [-0.05, 0) is 36.2 Å². The van der Waals surface area contributed by atoms with Gasteiger partial charge in [-0.15, -0.1) is 16.9 Å². The van der Waals surface area contributed by atoms with Crippen molar-refractivity contribution in [3.8, 4) is 6.07 Å². The number of carbonyl (C=O) groups is 1. The van der Waals surface area contributed by atoms with E-state index in [0.29, 0.717) is 16.3 Å². The van der Waals surface area contributed by atoms with Crippen LogP contribution in [0.2, 0.25) is 5.02 Å². The van der Waals surface area contributed by atoms with Crippen LogP contribution in [0.3, 0.4) is 0 Å². The highest BCUT2D eigenvalue weighted by Crippen LogP contribution is 2.29. The Kier molecular flexibility index (Phi) is 8.05. The number of nitriles is 1. The summed E-state index contributed by atoms with van der Waals surface area (Å²) in [7, 11) is 0. The minimum atomic E-state index is -0.598. The van der Waals surface area contributed by atoms with Gasteiger partial charge in [0.1, 0.15) is 5.82 Å². The van der Waals surface area contributed by atoms with Crippen molar-refractivity contribution in [1.82, 2.24) is 15.1 Å². The molecule has 32 heavy (non-hydrogen) atoms. The molecule has 1 aromatic heterocycles. The standard InChI is InChI=1S/C21H19ClFN5O3S/c22-16-4-2-13(5-6-29)8-18(16)32-12-20(30)28(11-19-26-27-21(25)31-19)10-15-3-1-14(9-24)7-17(15)23/h1-4,7-8,29H,5-6,10-12H2,(H2,25,27). The third-order valence-corrected chi connectivity index (χ3v) is 5.93. The summed E-state index contributed by atoms with van der Waals surface area (Å²) in [6, 6.07) is 11.1. The first kappa shape index (κ1) is 23.5. The van der Waals surface area contributed by atoms with E-state index in [2.05, 4.69) is 10.2 Å². The second-order valence-electron chi connectivity index (χ2n) is 6.73. The Hall–Kier alpha value is -3.13. The number of hydrogen-bond donors (Lipinski definition) is 2. The Morgan fingerprint density at radius 2 is 2.09 bits per heavy atom. The molecule has 0 fully saturated rings. The van der Waals surface area contributed by atoms with Crippen LogP contribution in [0, 0.1) is 17.1 Å². The van der Waals surface area contributed by atoms with Gasteiger partial charge in [-0.25, -0.2) is 4.39 Å². The van der Waals surface area contributed by atoms with E-state index in [1.165, 1.54) is 28.8 Å². The minimum Gasteiger partial charge on any atom is -0.406 e. The third kappa shape index (κ3) is 6.20. The lowest BCUT2D eigenvalue weighted by Crippen LogP contribution is -2.32. The molecule has 8 nitrogen and oxygen atoms in total. The second kappa shape index (κ2) is 10.9. The molecule has 166 valence electrons. The zero-order chi connectivity index (χ0) is 23.1. The van der Waals surface area contributed by atoms with Crippen LogP contribution in [0.5, 0.6) is 0 Å². The third-order valence-electron chi connectivity index (χ3n) is 4.45. The highest BCUT2D eigenvalue weighted by Gasteiger charge is 2.20. The summed E-state index contributed by atoms with van der Waals surface area (Å²) in [5.74, 6) is -0.791. The molecule has 0 aliphatic rings. The predicted octanol–water partition coefficient (Wildman–Crippen LogP) is 3.17. The Labute approximate surface area is 192 Å². The number of nitrogens with zero attached hydrogens (tertiary/aromatic N) is 4. The number of aromatic nitrogens is 2. The lowest BCUT2D eigenvalue weighted by molar-refractivity contribution is -0.129. The Morgan fingerprint density at radius 1 is 1.28 bits per heavy atom. The summed E-state index contributed by atoms with van der Waals surface area (Å²) in [5, 5.41) is 25.9. The van der Waals surface area contributed by atoms with Gasteiger partial charge in [0, 0.05) is 23.6 Å². The number of benzene rings is 2. The molecular weight excluding hydrogens is 457 g/mol. The first-order valence-electron chi connectivity index (χ1n) is 9.46. The fourth-order valence-electron chi connectivity index (χ4n) is 2.85. The number of carbonyl (C=O) groups excluding carboxylic acids is 1. The van der Waals surface area contributed by atoms with E-state index < -0.39 is 5.82 Å². The molecule has 2 aromatic carbocycles. The van der Waals surface area contributed by atoms with Crippen molar-refractivity contribution < 1.29 is 18.7 Å². The topological polar surface area (TPSA) is 129 Å². The van der Waals surface area contributed by atoms with Gasteiger partial charge in [0.25, 0.3) is 0 Å². The smallest absolute Gasteiger partial charge is 0.312 e. The first-order valence-corrected chi connectivity index (χ1v) is 10.8. The van der Waals surface area contributed by atoms with Gasteiger partial charge >= 0.3 is 6.01 Å². The van der Waals surface area contributed by atoms with E-state index in [9.17, 15) is 9.18 Å². The van der Waals surface area contributed by atoms with Crippen LogP contribution in [0.4, 0.5) is 10.4 Å². The van der Waals surface area contributed by atoms with E-state index in [1.54, 1.807) is 6.07 Å². The largest absolute Gasteiger partial charge is 0.406 e. The van der Waals surface area contributed by atoms with E-state index in [4.69, 9.17) is 32.1 Å². The maximum Gasteiger partial charge on any atom is 0.312 e. The summed E-state index contributed by atoms with van der Waals surface area (Å²) < 4.78 is 19.6. The number of halogens is 2. The number of rotatable bonds is 9. The highest BCUT2D eigenvalue weighted by molar-refractivity contribution is 8.00. The van der Waals surface area contributed by atoms with Crippen molar-refractivity contribution in [3.05, 3.63) is 69.8 Å². The molecule has 3 rings (SSSR count). The summed E-state index contributed by atoms with van der Waals surface area (Å²) in [6.07, 6.45) is 0.474. The monoisotopic (exact) mass is 475 g/mol. The van der Waals surface area contributed by atoms with Crippen molar-refractivity contribution in [2.45, 2.75) is 24.4 Å². The SMILES string of the molecule is N#Cc1ccc(CN(Cc2nnc(N)o2)C(=O)CSc2cc(CCO)ccc2Cl)c(F)c1. The van der Waals surface area contributed by atoms with Gasteiger partial charge in [-0.2, -0.15) is 5.26 Å². The molecular formula is C21H19ClFN5O3S.